The largest absolute Gasteiger partial charge is 0.454 e. The van der Waals surface area contributed by atoms with Crippen LogP contribution in [0.2, 0.25) is 0 Å². The fourth-order valence-corrected chi connectivity index (χ4v) is 4.28. The number of hydrogen-bond acceptors (Lipinski definition) is 5. The number of anilines is 1. The molecule has 1 aliphatic carbocycles. The summed E-state index contributed by atoms with van der Waals surface area (Å²) >= 11 is 0. The van der Waals surface area contributed by atoms with Gasteiger partial charge in [0.15, 0.2) is 11.5 Å². The van der Waals surface area contributed by atoms with Gasteiger partial charge in [0.1, 0.15) is 0 Å². The van der Waals surface area contributed by atoms with Crippen molar-refractivity contribution < 1.29 is 25.2 Å². The third-order valence-electron chi connectivity index (χ3n) is 6.49. The molecule has 2 N–H and O–H groups in total. The third kappa shape index (κ3) is 4.17. The van der Waals surface area contributed by atoms with Gasteiger partial charge in [0.2, 0.25) is 12.7 Å². The van der Waals surface area contributed by atoms with Crippen LogP contribution in [0.5, 0.6) is 11.5 Å². The highest BCUT2D eigenvalue weighted by Gasteiger charge is 2.51. The highest BCUT2D eigenvalue weighted by molar-refractivity contribution is 6.02. The van der Waals surface area contributed by atoms with E-state index >= 15 is 0 Å². The monoisotopic (exact) mass is 460 g/mol. The zero-order valence-electron chi connectivity index (χ0n) is 19.1. The van der Waals surface area contributed by atoms with Crippen LogP contribution >= 0.6 is 0 Å². The maximum atomic E-state index is 13.3. The van der Waals surface area contributed by atoms with E-state index < -0.39 is 11.5 Å². The number of carbonyl (C=O) groups excluding carboxylic acids is 2. The number of alkyl carbamates (subject to hydrolysis) is 1. The smallest absolute Gasteiger partial charge is 0.407 e. The first kappa shape index (κ1) is 21.8. The van der Waals surface area contributed by atoms with Crippen molar-refractivity contribution in [3.63, 3.8) is 0 Å². The van der Waals surface area contributed by atoms with E-state index in [9.17, 15) is 9.59 Å². The fourth-order valence-electron chi connectivity index (χ4n) is 4.28. The van der Waals surface area contributed by atoms with Gasteiger partial charge in [-0.2, -0.15) is 0 Å². The molecule has 1 heterocycles. The Kier molecular flexibility index (Phi) is 5.61. The Hall–Kier alpha value is -4.00. The van der Waals surface area contributed by atoms with E-state index in [1.54, 1.807) is 0 Å². The lowest BCUT2D eigenvalue weighted by atomic mass is 9.94. The normalized spacial score (nSPS) is 14.9. The number of hydrogen-bond donors (Lipinski definition) is 2. The molecule has 1 fully saturated rings. The molecule has 0 atom stereocenters. The average Bonchev–Trinajstić information content (AvgIpc) is 3.54. The molecule has 0 bridgehead atoms. The van der Waals surface area contributed by atoms with Crippen molar-refractivity contribution in [3.8, 4) is 22.6 Å². The molecule has 0 spiro atoms. The zero-order chi connectivity index (χ0) is 23.7. The van der Waals surface area contributed by atoms with Crippen molar-refractivity contribution in [2.45, 2.75) is 31.7 Å². The molecule has 0 unspecified atom stereocenters. The molecule has 7 heteroatoms. The minimum absolute atomic E-state index is 0. The number of aryl methyl sites for hydroxylation is 1. The number of methoxy groups -OCH3 is 1. The fraction of sp³-hybridized carbons (Fsp3) is 0.259. The molecule has 0 radical (unpaired) electrons. The SMILES string of the molecule is COC(=O)NCc1ccc(-c2cc(NC(=O)C3(c4ccc5c(c4)OCO5)CC3)ccc2C)cc1.[HH]. The Bertz CT molecular complexity index is 1250. The van der Waals surface area contributed by atoms with Crippen LogP contribution in [0.3, 0.4) is 0 Å². The van der Waals surface area contributed by atoms with Crippen LogP contribution in [-0.4, -0.2) is 25.9 Å². The van der Waals surface area contributed by atoms with Gasteiger partial charge in [-0.05, 0) is 71.8 Å². The Labute approximate surface area is 199 Å². The number of ether oxygens (including phenoxy) is 3. The Morgan fingerprint density at radius 1 is 1.00 bits per heavy atom. The maximum absolute atomic E-state index is 13.3. The molecule has 3 aromatic carbocycles. The first-order chi connectivity index (χ1) is 16.5. The van der Waals surface area contributed by atoms with Gasteiger partial charge in [-0.25, -0.2) is 4.79 Å². The summed E-state index contributed by atoms with van der Waals surface area (Å²) in [5.41, 5.74) is 5.34. The highest BCUT2D eigenvalue weighted by Crippen LogP contribution is 2.51. The number of nitrogens with one attached hydrogen (secondary N) is 2. The quantitative estimate of drug-likeness (QED) is 0.531. The van der Waals surface area contributed by atoms with Crippen molar-refractivity contribution in [1.82, 2.24) is 5.32 Å². The van der Waals surface area contributed by atoms with E-state index in [-0.39, 0.29) is 14.1 Å². The summed E-state index contributed by atoms with van der Waals surface area (Å²) in [6.07, 6.45) is 1.15. The van der Waals surface area contributed by atoms with Gasteiger partial charge in [0.25, 0.3) is 0 Å². The van der Waals surface area contributed by atoms with Gasteiger partial charge in [0, 0.05) is 13.7 Å². The predicted molar refractivity (Wildman–Crippen MR) is 130 cm³/mol. The van der Waals surface area contributed by atoms with Gasteiger partial charge in [-0.1, -0.05) is 36.4 Å². The van der Waals surface area contributed by atoms with E-state index in [2.05, 4.69) is 15.4 Å². The van der Waals surface area contributed by atoms with Gasteiger partial charge in [-0.15, -0.1) is 0 Å². The van der Waals surface area contributed by atoms with E-state index in [0.717, 1.165) is 52.1 Å². The maximum Gasteiger partial charge on any atom is 0.407 e. The van der Waals surface area contributed by atoms with Gasteiger partial charge in [-0.3, -0.25) is 4.79 Å². The molecule has 5 rings (SSSR count). The van der Waals surface area contributed by atoms with Crippen LogP contribution in [0.25, 0.3) is 11.1 Å². The van der Waals surface area contributed by atoms with Crippen molar-refractivity contribution in [2.24, 2.45) is 0 Å². The lowest BCUT2D eigenvalue weighted by molar-refractivity contribution is -0.118. The lowest BCUT2D eigenvalue weighted by Crippen LogP contribution is -2.27. The summed E-state index contributed by atoms with van der Waals surface area (Å²) in [5, 5.41) is 5.80. The number of benzene rings is 3. The Morgan fingerprint density at radius 2 is 1.76 bits per heavy atom. The second kappa shape index (κ2) is 8.74. The Morgan fingerprint density at radius 3 is 2.50 bits per heavy atom. The van der Waals surface area contributed by atoms with Crippen LogP contribution in [0.15, 0.2) is 60.7 Å². The molecule has 7 nitrogen and oxygen atoms in total. The number of rotatable bonds is 6. The molecular formula is C27H28N2O5. The van der Waals surface area contributed by atoms with Crippen LogP contribution in [0, 0.1) is 6.92 Å². The van der Waals surface area contributed by atoms with Crippen molar-refractivity contribution in [1.29, 1.82) is 0 Å². The first-order valence-corrected chi connectivity index (χ1v) is 11.2. The summed E-state index contributed by atoms with van der Waals surface area (Å²) in [4.78, 5) is 24.6. The van der Waals surface area contributed by atoms with Crippen molar-refractivity contribution in [3.05, 3.63) is 77.4 Å². The van der Waals surface area contributed by atoms with Crippen LogP contribution in [-0.2, 0) is 21.5 Å². The third-order valence-corrected chi connectivity index (χ3v) is 6.49. The molecular weight excluding hydrogens is 432 g/mol. The topological polar surface area (TPSA) is 85.9 Å². The molecule has 176 valence electrons. The summed E-state index contributed by atoms with van der Waals surface area (Å²) < 4.78 is 15.5. The second-order valence-corrected chi connectivity index (χ2v) is 8.68. The molecule has 1 aliphatic heterocycles. The van der Waals surface area contributed by atoms with Crippen LogP contribution in [0.1, 0.15) is 31.0 Å². The van der Waals surface area contributed by atoms with Crippen LogP contribution in [0.4, 0.5) is 10.5 Å². The predicted octanol–water partition coefficient (Wildman–Crippen LogP) is 5.16. The van der Waals surface area contributed by atoms with E-state index in [4.69, 9.17) is 9.47 Å². The number of fused-ring (bicyclic) bond motifs is 1. The molecule has 0 saturated heterocycles. The summed E-state index contributed by atoms with van der Waals surface area (Å²) in [5.74, 6) is 1.40. The zero-order valence-corrected chi connectivity index (χ0v) is 19.1. The first-order valence-electron chi connectivity index (χ1n) is 11.2. The molecule has 2 amide bonds. The van der Waals surface area contributed by atoms with Crippen LogP contribution < -0.4 is 20.1 Å². The number of amides is 2. The van der Waals surface area contributed by atoms with Crippen molar-refractivity contribution in [2.75, 3.05) is 19.2 Å². The van der Waals surface area contributed by atoms with Crippen molar-refractivity contribution >= 4 is 17.7 Å². The summed E-state index contributed by atoms with van der Waals surface area (Å²) in [6, 6.07) is 19.7. The van der Waals surface area contributed by atoms with E-state index in [0.29, 0.717) is 12.3 Å². The van der Waals surface area contributed by atoms with Gasteiger partial charge < -0.3 is 24.8 Å². The molecule has 1 saturated carbocycles. The summed E-state index contributed by atoms with van der Waals surface area (Å²) in [7, 11) is 1.34. The lowest BCUT2D eigenvalue weighted by Gasteiger charge is -2.17. The van der Waals surface area contributed by atoms with E-state index in [1.807, 2.05) is 67.6 Å². The molecule has 34 heavy (non-hydrogen) atoms. The average molecular weight is 461 g/mol. The van der Waals surface area contributed by atoms with Gasteiger partial charge >= 0.3 is 6.09 Å². The molecule has 0 aromatic heterocycles. The number of carbonyl (C=O) groups is 2. The molecule has 2 aliphatic rings. The minimum atomic E-state index is -0.527. The minimum Gasteiger partial charge on any atom is -0.454 e. The molecule has 3 aromatic rings. The Balaban J connectivity index is 0.00000289. The standard InChI is InChI=1S/C27H26N2O5.H2/c1-17-3-9-21(14-22(17)19-6-4-18(5-7-19)15-28-26(31)32-2)29-25(30)27(11-12-27)20-8-10-23-24(13-20)34-16-33-23;/h3-10,13-14H,11-12,15-16H2,1-2H3,(H,28,31)(H,29,30);1H. The highest BCUT2D eigenvalue weighted by atomic mass is 16.7. The van der Waals surface area contributed by atoms with E-state index in [1.165, 1.54) is 7.11 Å². The van der Waals surface area contributed by atoms with Gasteiger partial charge in [0.05, 0.1) is 12.5 Å². The summed E-state index contributed by atoms with van der Waals surface area (Å²) in [6.45, 7) is 2.65. The second-order valence-electron chi connectivity index (χ2n) is 8.68.